The summed E-state index contributed by atoms with van der Waals surface area (Å²) in [7, 11) is 0. The van der Waals surface area contributed by atoms with Gasteiger partial charge in [0.15, 0.2) is 0 Å². The first-order valence-corrected chi connectivity index (χ1v) is 15.9. The van der Waals surface area contributed by atoms with Crippen LogP contribution in [-0.4, -0.2) is 67.7 Å². The molecule has 9 nitrogen and oxygen atoms in total. The van der Waals surface area contributed by atoms with E-state index in [-0.39, 0.29) is 41.8 Å². The van der Waals surface area contributed by atoms with E-state index in [0.717, 1.165) is 17.8 Å². The third-order valence-corrected chi connectivity index (χ3v) is 10.1. The van der Waals surface area contributed by atoms with Crippen molar-refractivity contribution in [1.82, 2.24) is 24.8 Å². The average molecular weight is 637 g/mol. The number of rotatable bonds is 6. The smallest absolute Gasteiger partial charge is 0.339 e. The summed E-state index contributed by atoms with van der Waals surface area (Å²) in [5.41, 5.74) is 1.26. The Morgan fingerprint density at radius 1 is 0.913 bits per heavy atom. The number of aromatic nitrogens is 3. The first-order valence-electron chi connectivity index (χ1n) is 15.9. The largest absolute Gasteiger partial charge is 0.416 e. The van der Waals surface area contributed by atoms with E-state index in [2.05, 4.69) is 29.1 Å². The lowest BCUT2D eigenvalue weighted by Gasteiger charge is -2.46. The zero-order valence-corrected chi connectivity index (χ0v) is 26.4. The number of para-hydroxylation sites is 1. The molecule has 1 saturated carbocycles. The number of benzene rings is 2. The van der Waals surface area contributed by atoms with Crippen LogP contribution in [0.5, 0.6) is 0 Å². The van der Waals surface area contributed by atoms with Gasteiger partial charge in [0.25, 0.3) is 0 Å². The summed E-state index contributed by atoms with van der Waals surface area (Å²) in [6.45, 7) is 9.42. The molecule has 244 valence electrons. The fraction of sp³-hybridized carbons (Fsp3) is 0.500. The number of anilines is 1. The van der Waals surface area contributed by atoms with E-state index < -0.39 is 29.5 Å². The third kappa shape index (κ3) is 5.83. The van der Waals surface area contributed by atoms with Crippen molar-refractivity contribution in [3.63, 3.8) is 0 Å². The molecule has 1 aromatic heterocycles. The van der Waals surface area contributed by atoms with Crippen LogP contribution in [0.3, 0.4) is 0 Å². The van der Waals surface area contributed by atoms with Crippen molar-refractivity contribution in [1.29, 1.82) is 0 Å². The summed E-state index contributed by atoms with van der Waals surface area (Å²) in [6.07, 6.45) is -1.29. The Hall–Kier alpha value is -4.06. The van der Waals surface area contributed by atoms with Gasteiger partial charge in [-0.05, 0) is 69.4 Å². The van der Waals surface area contributed by atoms with Crippen LogP contribution in [0.1, 0.15) is 63.4 Å². The second-order valence-electron chi connectivity index (χ2n) is 13.2. The van der Waals surface area contributed by atoms with E-state index in [1.165, 1.54) is 17.0 Å². The van der Waals surface area contributed by atoms with Gasteiger partial charge in [0.2, 0.25) is 17.7 Å². The lowest BCUT2D eigenvalue weighted by atomic mass is 9.67. The normalized spacial score (nSPS) is 28.0. The van der Waals surface area contributed by atoms with Crippen LogP contribution >= 0.6 is 0 Å². The minimum absolute atomic E-state index is 0.00905. The van der Waals surface area contributed by atoms with E-state index in [1.54, 1.807) is 28.9 Å². The maximum Gasteiger partial charge on any atom is 0.416 e. The first kappa shape index (κ1) is 31.9. The van der Waals surface area contributed by atoms with Gasteiger partial charge in [-0.3, -0.25) is 24.2 Å². The zero-order valence-electron chi connectivity index (χ0n) is 26.4. The van der Waals surface area contributed by atoms with Gasteiger partial charge in [0, 0.05) is 31.7 Å². The highest BCUT2D eigenvalue weighted by Gasteiger charge is 2.57. The highest BCUT2D eigenvalue weighted by Crippen LogP contribution is 2.47. The second-order valence-corrected chi connectivity index (χ2v) is 13.2. The van der Waals surface area contributed by atoms with Gasteiger partial charge >= 0.3 is 6.18 Å². The van der Waals surface area contributed by atoms with Gasteiger partial charge < -0.3 is 4.90 Å². The Kier molecular flexibility index (Phi) is 8.51. The molecule has 0 radical (unpaired) electrons. The molecule has 1 aliphatic carbocycles. The predicted octanol–water partition coefficient (Wildman–Crippen LogP) is 5.18. The maximum atomic E-state index is 14.1. The zero-order chi connectivity index (χ0) is 32.9. The average Bonchev–Trinajstić information content (AvgIpc) is 3.60. The highest BCUT2D eigenvalue weighted by molar-refractivity contribution is 6.23. The van der Waals surface area contributed by atoms with Gasteiger partial charge in [-0.1, -0.05) is 42.5 Å². The number of amides is 3. The second kappa shape index (κ2) is 12.3. The summed E-state index contributed by atoms with van der Waals surface area (Å²) >= 11 is 0. The number of fused-ring (bicyclic) bond motifs is 1. The Bertz CT molecular complexity index is 1580. The summed E-state index contributed by atoms with van der Waals surface area (Å²) < 4.78 is 40.6. The van der Waals surface area contributed by atoms with Crippen LogP contribution in [0.2, 0.25) is 0 Å². The van der Waals surface area contributed by atoms with E-state index in [0.29, 0.717) is 43.7 Å². The topological polar surface area (TPSA) is 91.6 Å². The van der Waals surface area contributed by atoms with Crippen molar-refractivity contribution in [3.05, 3.63) is 77.6 Å². The van der Waals surface area contributed by atoms with Crippen molar-refractivity contribution in [2.45, 2.75) is 71.4 Å². The molecular weight excluding hydrogens is 597 g/mol. The van der Waals surface area contributed by atoms with Gasteiger partial charge in [-0.15, -0.1) is 5.10 Å². The molecule has 3 fully saturated rings. The Balaban J connectivity index is 1.12. The van der Waals surface area contributed by atoms with Gasteiger partial charge in [0.1, 0.15) is 0 Å². The van der Waals surface area contributed by atoms with Crippen LogP contribution in [0.4, 0.5) is 18.9 Å². The molecule has 7 atom stereocenters. The highest BCUT2D eigenvalue weighted by atomic mass is 19.4. The molecule has 46 heavy (non-hydrogen) atoms. The first-order chi connectivity index (χ1) is 21.8. The van der Waals surface area contributed by atoms with Crippen molar-refractivity contribution in [2.24, 2.45) is 23.7 Å². The molecule has 2 aliphatic heterocycles. The lowest BCUT2D eigenvalue weighted by Crippen LogP contribution is -2.59. The summed E-state index contributed by atoms with van der Waals surface area (Å²) in [6, 6.07) is 13.7. The molecule has 0 bridgehead atoms. The minimum Gasteiger partial charge on any atom is -0.339 e. The Morgan fingerprint density at radius 2 is 1.54 bits per heavy atom. The molecule has 3 amide bonds. The van der Waals surface area contributed by atoms with E-state index in [9.17, 15) is 27.6 Å². The van der Waals surface area contributed by atoms with Gasteiger partial charge in [0.05, 0.1) is 46.9 Å². The summed E-state index contributed by atoms with van der Waals surface area (Å²) in [5, 5.41) is 8.59. The lowest BCUT2D eigenvalue weighted by molar-refractivity contribution is -0.148. The Morgan fingerprint density at radius 3 is 2.17 bits per heavy atom. The number of nitrogens with zero attached hydrogens (tertiary/aromatic N) is 6. The standard InChI is InChI=1S/C34H39F3N6O3/c1-20-10-15-28(30-29(20)32(45)43(33(30)46)27-8-6-5-7-9-27)31(44)40-16-21(2)41(22(3)17-40)18-26-19-42(39-38-26)23(4)24-11-13-25(14-12-24)34(35,36)37/h5-9,11-14,19-23,28-30H,10,15-18H2,1-4H3/t20?,21-,22+,23-,28?,29?,30?/m0/s1. The monoisotopic (exact) mass is 636 g/mol. The molecule has 12 heteroatoms. The quantitative estimate of drug-likeness (QED) is 0.347. The number of alkyl halides is 3. The minimum atomic E-state index is -4.39. The molecule has 2 saturated heterocycles. The number of hydrogen-bond donors (Lipinski definition) is 0. The molecule has 3 aromatic rings. The number of halogens is 3. The van der Waals surface area contributed by atoms with Crippen molar-refractivity contribution < 1.29 is 27.6 Å². The van der Waals surface area contributed by atoms with Crippen molar-refractivity contribution in [3.8, 4) is 0 Å². The van der Waals surface area contributed by atoms with Gasteiger partial charge in [-0.25, -0.2) is 4.68 Å². The molecule has 0 spiro atoms. The number of carbonyl (C=O) groups is 3. The van der Waals surface area contributed by atoms with E-state index >= 15 is 0 Å². The number of piperazine rings is 1. The molecule has 3 aliphatic rings. The molecule has 6 rings (SSSR count). The molecular formula is C34H39F3N6O3. The van der Waals surface area contributed by atoms with Crippen LogP contribution in [0, 0.1) is 23.7 Å². The molecule has 0 N–H and O–H groups in total. The predicted molar refractivity (Wildman–Crippen MR) is 164 cm³/mol. The maximum absolute atomic E-state index is 14.1. The van der Waals surface area contributed by atoms with Gasteiger partial charge in [-0.2, -0.15) is 13.2 Å². The van der Waals surface area contributed by atoms with Crippen LogP contribution in [0.15, 0.2) is 60.8 Å². The third-order valence-electron chi connectivity index (χ3n) is 10.1. The van der Waals surface area contributed by atoms with E-state index in [4.69, 9.17) is 0 Å². The fourth-order valence-electron chi connectivity index (χ4n) is 7.59. The number of carbonyl (C=O) groups excluding carboxylic acids is 3. The van der Waals surface area contributed by atoms with Crippen LogP contribution in [0.25, 0.3) is 0 Å². The SMILES string of the molecule is CC1CCC(C(=O)N2C[C@@H](C)N(Cc3cn([C@@H](C)c4ccc(C(F)(F)F)cc4)nn3)[C@@H](C)C2)C2C(=O)N(c3ccccc3)C(=O)C12. The molecule has 4 unspecified atom stereocenters. The van der Waals surface area contributed by atoms with Crippen molar-refractivity contribution in [2.75, 3.05) is 18.0 Å². The Labute approximate surface area is 266 Å². The molecule has 2 aromatic carbocycles. The number of hydrogen-bond acceptors (Lipinski definition) is 6. The van der Waals surface area contributed by atoms with Crippen LogP contribution < -0.4 is 4.90 Å². The van der Waals surface area contributed by atoms with E-state index in [1.807, 2.05) is 31.0 Å². The fourth-order valence-corrected chi connectivity index (χ4v) is 7.59. The van der Waals surface area contributed by atoms with Crippen molar-refractivity contribution >= 4 is 23.4 Å². The summed E-state index contributed by atoms with van der Waals surface area (Å²) in [4.78, 5) is 46.7. The molecule has 3 heterocycles. The van der Waals surface area contributed by atoms with Crippen LogP contribution in [-0.2, 0) is 27.1 Å². The number of imide groups is 1. The summed E-state index contributed by atoms with van der Waals surface area (Å²) in [5.74, 6) is -2.23.